The zero-order valence-corrected chi connectivity index (χ0v) is 12.1. The summed E-state index contributed by atoms with van der Waals surface area (Å²) in [5.41, 5.74) is 0.289. The third kappa shape index (κ3) is 3.15. The van der Waals surface area contributed by atoms with Crippen molar-refractivity contribution in [2.75, 3.05) is 19.6 Å². The van der Waals surface area contributed by atoms with Gasteiger partial charge in [-0.1, -0.05) is 19.3 Å². The predicted octanol–water partition coefficient (Wildman–Crippen LogP) is 2.62. The molecule has 1 aliphatic heterocycles. The fourth-order valence-corrected chi connectivity index (χ4v) is 3.76. The average molecular weight is 291 g/mol. The molecule has 6 heteroatoms. The van der Waals surface area contributed by atoms with E-state index in [2.05, 4.69) is 9.88 Å². The van der Waals surface area contributed by atoms with E-state index in [1.165, 1.54) is 44.4 Å². The summed E-state index contributed by atoms with van der Waals surface area (Å²) in [6, 6.07) is 1.33. The maximum atomic E-state index is 12.2. The molecule has 114 valence electrons. The van der Waals surface area contributed by atoms with E-state index in [1.807, 2.05) is 0 Å². The molecule has 0 amide bonds. The van der Waals surface area contributed by atoms with Crippen molar-refractivity contribution < 1.29 is 9.72 Å². The molecule has 1 aromatic rings. The number of Topliss-reactive ketones (excluding diaryl/α,β-unsaturated/α-hetero) is 1. The van der Waals surface area contributed by atoms with Gasteiger partial charge in [-0.2, -0.15) is 0 Å². The number of likely N-dealkylation sites (tertiary alicyclic amines) is 1. The number of carbonyl (C=O) groups is 1. The summed E-state index contributed by atoms with van der Waals surface area (Å²) in [4.78, 5) is 27.3. The van der Waals surface area contributed by atoms with Crippen LogP contribution in [-0.2, 0) is 0 Å². The highest BCUT2D eigenvalue weighted by Gasteiger charge is 2.31. The number of hydrogen-bond donors (Lipinski definition) is 1. The first-order valence-corrected chi connectivity index (χ1v) is 7.72. The second-order valence-corrected chi connectivity index (χ2v) is 6.28. The Morgan fingerprint density at radius 1 is 1.33 bits per heavy atom. The van der Waals surface area contributed by atoms with Crippen molar-refractivity contribution in [3.8, 4) is 0 Å². The third-order valence-corrected chi connectivity index (χ3v) is 4.92. The van der Waals surface area contributed by atoms with E-state index in [0.29, 0.717) is 12.2 Å². The minimum atomic E-state index is -0.485. The molecule has 21 heavy (non-hydrogen) atoms. The van der Waals surface area contributed by atoms with Crippen molar-refractivity contribution in [3.63, 3.8) is 0 Å². The van der Waals surface area contributed by atoms with Gasteiger partial charge in [-0.3, -0.25) is 19.8 Å². The van der Waals surface area contributed by atoms with Crippen molar-refractivity contribution in [1.82, 2.24) is 9.88 Å². The lowest BCUT2D eigenvalue weighted by Crippen LogP contribution is -2.43. The van der Waals surface area contributed by atoms with Crippen LogP contribution in [0.3, 0.4) is 0 Å². The highest BCUT2D eigenvalue weighted by atomic mass is 16.6. The van der Waals surface area contributed by atoms with Gasteiger partial charge in [-0.15, -0.1) is 0 Å². The minimum Gasteiger partial charge on any atom is -0.353 e. The summed E-state index contributed by atoms with van der Waals surface area (Å²) in [6.07, 6.45) is 7.75. The Morgan fingerprint density at radius 3 is 2.81 bits per heavy atom. The van der Waals surface area contributed by atoms with Crippen LogP contribution in [-0.4, -0.2) is 40.2 Å². The van der Waals surface area contributed by atoms with Crippen molar-refractivity contribution in [3.05, 3.63) is 28.1 Å². The predicted molar refractivity (Wildman–Crippen MR) is 78.3 cm³/mol. The fourth-order valence-electron chi connectivity index (χ4n) is 3.76. The second kappa shape index (κ2) is 5.97. The quantitative estimate of drug-likeness (QED) is 0.525. The van der Waals surface area contributed by atoms with Gasteiger partial charge in [-0.05, 0) is 31.2 Å². The number of ketones is 1. The van der Waals surface area contributed by atoms with E-state index in [4.69, 9.17) is 0 Å². The number of H-pyrrole nitrogens is 1. The Morgan fingerprint density at radius 2 is 2.10 bits per heavy atom. The van der Waals surface area contributed by atoms with E-state index < -0.39 is 4.92 Å². The largest absolute Gasteiger partial charge is 0.353 e. The molecule has 0 spiro atoms. The van der Waals surface area contributed by atoms with Gasteiger partial charge in [0.15, 0.2) is 5.78 Å². The molecule has 2 atom stereocenters. The molecule has 1 saturated heterocycles. The van der Waals surface area contributed by atoms with Gasteiger partial charge in [0.05, 0.1) is 23.4 Å². The number of hydrogen-bond acceptors (Lipinski definition) is 4. The minimum absolute atomic E-state index is 0.0515. The lowest BCUT2D eigenvalue weighted by Gasteiger charge is -2.41. The molecule has 1 aromatic heterocycles. The molecule has 2 aliphatic rings. The number of aromatic amines is 1. The van der Waals surface area contributed by atoms with Gasteiger partial charge in [0.25, 0.3) is 5.69 Å². The van der Waals surface area contributed by atoms with Gasteiger partial charge >= 0.3 is 0 Å². The molecule has 1 aliphatic carbocycles. The van der Waals surface area contributed by atoms with Crippen LogP contribution in [0.4, 0.5) is 5.69 Å². The SMILES string of the molecule is O=C(CN1CCC2CCCCC2C1)c1cc([N+](=O)[O-])c[nH]1. The molecule has 0 bridgehead atoms. The van der Waals surface area contributed by atoms with Crippen LogP contribution < -0.4 is 0 Å². The van der Waals surface area contributed by atoms with Crippen LogP contribution in [0.25, 0.3) is 0 Å². The smallest absolute Gasteiger partial charge is 0.287 e. The van der Waals surface area contributed by atoms with E-state index >= 15 is 0 Å². The molecule has 3 rings (SSSR count). The summed E-state index contributed by atoms with van der Waals surface area (Å²) in [6.45, 7) is 2.33. The van der Waals surface area contributed by atoms with E-state index in [1.54, 1.807) is 0 Å². The van der Waals surface area contributed by atoms with Crippen LogP contribution in [0, 0.1) is 22.0 Å². The summed E-state index contributed by atoms with van der Waals surface area (Å²) in [5, 5.41) is 10.6. The first-order chi connectivity index (χ1) is 10.1. The van der Waals surface area contributed by atoms with Crippen molar-refractivity contribution in [2.24, 2.45) is 11.8 Å². The zero-order valence-electron chi connectivity index (χ0n) is 12.1. The highest BCUT2D eigenvalue weighted by molar-refractivity contribution is 5.96. The Labute approximate surface area is 123 Å². The van der Waals surface area contributed by atoms with Crippen LogP contribution in [0.15, 0.2) is 12.3 Å². The van der Waals surface area contributed by atoms with Gasteiger partial charge in [0.1, 0.15) is 0 Å². The molecule has 6 nitrogen and oxygen atoms in total. The summed E-state index contributed by atoms with van der Waals surface area (Å²) < 4.78 is 0. The molecule has 1 saturated carbocycles. The first kappa shape index (κ1) is 14.3. The molecule has 0 aromatic carbocycles. The number of nitrogens with zero attached hydrogens (tertiary/aromatic N) is 2. The molecular weight excluding hydrogens is 270 g/mol. The lowest BCUT2D eigenvalue weighted by molar-refractivity contribution is -0.384. The highest BCUT2D eigenvalue weighted by Crippen LogP contribution is 2.35. The normalized spacial score (nSPS) is 26.3. The Bertz CT molecular complexity index is 540. The third-order valence-electron chi connectivity index (χ3n) is 4.92. The zero-order chi connectivity index (χ0) is 14.8. The van der Waals surface area contributed by atoms with Gasteiger partial charge in [0, 0.05) is 12.6 Å². The summed E-state index contributed by atoms with van der Waals surface area (Å²) in [7, 11) is 0. The van der Waals surface area contributed by atoms with Gasteiger partial charge < -0.3 is 4.98 Å². The van der Waals surface area contributed by atoms with E-state index in [9.17, 15) is 14.9 Å². The number of nitro groups is 1. The standard InChI is InChI=1S/C15H21N3O3/c19-15(14-7-13(8-16-14)18(20)21)10-17-6-5-11-3-1-2-4-12(11)9-17/h7-8,11-12,16H,1-6,9-10H2. The van der Waals surface area contributed by atoms with E-state index in [-0.39, 0.29) is 11.5 Å². The fraction of sp³-hybridized carbons (Fsp3) is 0.667. The summed E-state index contributed by atoms with van der Waals surface area (Å²) in [5.74, 6) is 1.52. The molecule has 2 fully saturated rings. The number of fused-ring (bicyclic) bond motifs is 1. The Balaban J connectivity index is 1.58. The Kier molecular flexibility index (Phi) is 4.05. The van der Waals surface area contributed by atoms with Crippen LogP contribution in [0.2, 0.25) is 0 Å². The average Bonchev–Trinajstić information content (AvgIpc) is 2.97. The maximum Gasteiger partial charge on any atom is 0.287 e. The van der Waals surface area contributed by atoms with Crippen molar-refractivity contribution in [2.45, 2.75) is 32.1 Å². The molecule has 2 heterocycles. The van der Waals surface area contributed by atoms with Gasteiger partial charge in [-0.25, -0.2) is 0 Å². The number of carbonyl (C=O) groups excluding carboxylic acids is 1. The molecule has 2 unspecified atom stereocenters. The first-order valence-electron chi connectivity index (χ1n) is 7.72. The molecule has 0 radical (unpaired) electrons. The van der Waals surface area contributed by atoms with E-state index in [0.717, 1.165) is 24.9 Å². The van der Waals surface area contributed by atoms with Crippen LogP contribution >= 0.6 is 0 Å². The lowest BCUT2D eigenvalue weighted by atomic mass is 9.75. The topological polar surface area (TPSA) is 79.2 Å². The molecule has 1 N–H and O–H groups in total. The number of aromatic nitrogens is 1. The number of rotatable bonds is 4. The monoisotopic (exact) mass is 291 g/mol. The van der Waals surface area contributed by atoms with Gasteiger partial charge in [0.2, 0.25) is 0 Å². The molecular formula is C15H21N3O3. The number of nitrogens with one attached hydrogen (secondary N) is 1. The maximum absolute atomic E-state index is 12.2. The van der Waals surface area contributed by atoms with Crippen molar-refractivity contribution >= 4 is 11.5 Å². The summed E-state index contributed by atoms with van der Waals surface area (Å²) >= 11 is 0. The number of piperidine rings is 1. The van der Waals surface area contributed by atoms with Crippen LogP contribution in [0.5, 0.6) is 0 Å². The van der Waals surface area contributed by atoms with Crippen LogP contribution in [0.1, 0.15) is 42.6 Å². The Hall–Kier alpha value is -1.69. The second-order valence-electron chi connectivity index (χ2n) is 6.28. The van der Waals surface area contributed by atoms with Crippen molar-refractivity contribution in [1.29, 1.82) is 0 Å².